The number of amides is 1. The lowest BCUT2D eigenvalue weighted by Crippen LogP contribution is -2.50. The molecule has 1 saturated heterocycles. The van der Waals surface area contributed by atoms with Gasteiger partial charge < -0.3 is 15.7 Å². The molecule has 0 spiro atoms. The molecule has 2 fully saturated rings. The Hall–Kier alpha value is -0.610. The van der Waals surface area contributed by atoms with E-state index in [1.165, 1.54) is 0 Å². The highest BCUT2D eigenvalue weighted by Crippen LogP contribution is 2.35. The molecule has 0 radical (unpaired) electrons. The standard InChI is InChI=1S/C14H26N2O2/c1-10(2)14(7-8-15-9-14)13(18)16-11-3-5-12(17)6-4-11/h10-12,15,17H,3-9H2,1-2H3,(H,16,18). The summed E-state index contributed by atoms with van der Waals surface area (Å²) in [7, 11) is 0. The topological polar surface area (TPSA) is 61.4 Å². The van der Waals surface area contributed by atoms with Gasteiger partial charge in [0.05, 0.1) is 11.5 Å². The number of rotatable bonds is 3. The highest BCUT2D eigenvalue weighted by Gasteiger charge is 2.44. The normalized spacial score (nSPS) is 36.9. The molecule has 104 valence electrons. The molecule has 18 heavy (non-hydrogen) atoms. The Morgan fingerprint density at radius 1 is 1.33 bits per heavy atom. The third-order valence-corrected chi connectivity index (χ3v) is 4.78. The van der Waals surface area contributed by atoms with Gasteiger partial charge in [-0.1, -0.05) is 13.8 Å². The minimum Gasteiger partial charge on any atom is -0.393 e. The molecule has 0 aromatic rings. The van der Waals surface area contributed by atoms with Gasteiger partial charge in [-0.15, -0.1) is 0 Å². The van der Waals surface area contributed by atoms with Crippen LogP contribution in [0.4, 0.5) is 0 Å². The molecule has 1 saturated carbocycles. The number of carbonyl (C=O) groups is 1. The quantitative estimate of drug-likeness (QED) is 0.705. The zero-order valence-corrected chi connectivity index (χ0v) is 11.5. The first kappa shape index (κ1) is 13.8. The van der Waals surface area contributed by atoms with Crippen LogP contribution in [0.3, 0.4) is 0 Å². The summed E-state index contributed by atoms with van der Waals surface area (Å²) in [4.78, 5) is 12.5. The fourth-order valence-corrected chi connectivity index (χ4v) is 3.21. The molecule has 4 nitrogen and oxygen atoms in total. The minimum absolute atomic E-state index is 0.162. The number of hydrogen-bond donors (Lipinski definition) is 3. The zero-order chi connectivity index (χ0) is 13.2. The van der Waals surface area contributed by atoms with Crippen LogP contribution in [0.2, 0.25) is 0 Å². The average molecular weight is 254 g/mol. The molecule has 1 amide bonds. The molecule has 1 atom stereocenters. The van der Waals surface area contributed by atoms with Gasteiger partial charge in [0.1, 0.15) is 0 Å². The van der Waals surface area contributed by atoms with E-state index in [2.05, 4.69) is 24.5 Å². The van der Waals surface area contributed by atoms with E-state index in [4.69, 9.17) is 0 Å². The van der Waals surface area contributed by atoms with E-state index in [1.54, 1.807) is 0 Å². The SMILES string of the molecule is CC(C)C1(C(=O)NC2CCC(O)CC2)CCNC1. The van der Waals surface area contributed by atoms with Gasteiger partial charge in [-0.05, 0) is 44.6 Å². The second kappa shape index (κ2) is 5.57. The van der Waals surface area contributed by atoms with Gasteiger partial charge >= 0.3 is 0 Å². The van der Waals surface area contributed by atoms with E-state index >= 15 is 0 Å². The Labute approximate surface area is 110 Å². The summed E-state index contributed by atoms with van der Waals surface area (Å²) in [6, 6.07) is 0.261. The minimum atomic E-state index is -0.226. The summed E-state index contributed by atoms with van der Waals surface area (Å²) in [6.07, 6.45) is 4.23. The Bertz CT molecular complexity index is 290. The summed E-state index contributed by atoms with van der Waals surface area (Å²) in [6.45, 7) is 6.01. The fourth-order valence-electron chi connectivity index (χ4n) is 3.21. The third-order valence-electron chi connectivity index (χ3n) is 4.78. The van der Waals surface area contributed by atoms with E-state index in [0.29, 0.717) is 5.92 Å². The van der Waals surface area contributed by atoms with Gasteiger partial charge in [-0.2, -0.15) is 0 Å². The van der Waals surface area contributed by atoms with Gasteiger partial charge in [-0.3, -0.25) is 4.79 Å². The van der Waals surface area contributed by atoms with Crippen LogP contribution in [-0.2, 0) is 4.79 Å². The Balaban J connectivity index is 1.94. The smallest absolute Gasteiger partial charge is 0.228 e. The van der Waals surface area contributed by atoms with Crippen LogP contribution in [0, 0.1) is 11.3 Å². The third kappa shape index (κ3) is 2.69. The summed E-state index contributed by atoms with van der Waals surface area (Å²) >= 11 is 0. The van der Waals surface area contributed by atoms with Crippen molar-refractivity contribution in [3.05, 3.63) is 0 Å². The molecule has 1 unspecified atom stereocenters. The van der Waals surface area contributed by atoms with Crippen LogP contribution in [0.25, 0.3) is 0 Å². The van der Waals surface area contributed by atoms with Crippen LogP contribution in [0.15, 0.2) is 0 Å². The predicted octanol–water partition coefficient (Wildman–Crippen LogP) is 1.04. The average Bonchev–Trinajstić information content (AvgIpc) is 2.82. The van der Waals surface area contributed by atoms with Crippen LogP contribution >= 0.6 is 0 Å². The van der Waals surface area contributed by atoms with Crippen molar-refractivity contribution in [3.8, 4) is 0 Å². The summed E-state index contributed by atoms with van der Waals surface area (Å²) in [5.41, 5.74) is -0.226. The number of nitrogens with one attached hydrogen (secondary N) is 2. The molecule has 2 rings (SSSR count). The first-order chi connectivity index (χ1) is 8.54. The van der Waals surface area contributed by atoms with Crippen molar-refractivity contribution < 1.29 is 9.90 Å². The van der Waals surface area contributed by atoms with E-state index in [0.717, 1.165) is 45.2 Å². The summed E-state index contributed by atoms with van der Waals surface area (Å²) < 4.78 is 0. The lowest BCUT2D eigenvalue weighted by atomic mass is 9.75. The van der Waals surface area contributed by atoms with Gasteiger partial charge in [0.25, 0.3) is 0 Å². The van der Waals surface area contributed by atoms with Gasteiger partial charge in [-0.25, -0.2) is 0 Å². The van der Waals surface area contributed by atoms with Crippen molar-refractivity contribution >= 4 is 5.91 Å². The molecule has 1 aliphatic carbocycles. The molecule has 0 aromatic carbocycles. The second-order valence-corrected chi connectivity index (χ2v) is 6.22. The molecular weight excluding hydrogens is 228 g/mol. The monoisotopic (exact) mass is 254 g/mol. The molecule has 0 bridgehead atoms. The molecule has 4 heteroatoms. The van der Waals surface area contributed by atoms with Crippen molar-refractivity contribution in [1.29, 1.82) is 0 Å². The zero-order valence-electron chi connectivity index (χ0n) is 11.5. The molecule has 2 aliphatic rings. The summed E-state index contributed by atoms with van der Waals surface area (Å²) in [5.74, 6) is 0.575. The van der Waals surface area contributed by atoms with Gasteiger partial charge in [0, 0.05) is 12.6 Å². The second-order valence-electron chi connectivity index (χ2n) is 6.22. The van der Waals surface area contributed by atoms with Crippen LogP contribution in [-0.4, -0.2) is 36.2 Å². The van der Waals surface area contributed by atoms with Gasteiger partial charge in [0.2, 0.25) is 5.91 Å². The maximum absolute atomic E-state index is 12.5. The maximum atomic E-state index is 12.5. The highest BCUT2D eigenvalue weighted by molar-refractivity contribution is 5.83. The fraction of sp³-hybridized carbons (Fsp3) is 0.929. The first-order valence-corrected chi connectivity index (χ1v) is 7.24. The summed E-state index contributed by atoms with van der Waals surface area (Å²) in [5, 5.41) is 16.0. The van der Waals surface area contributed by atoms with Gasteiger partial charge in [0.15, 0.2) is 0 Å². The first-order valence-electron chi connectivity index (χ1n) is 7.24. The lowest BCUT2D eigenvalue weighted by Gasteiger charge is -2.34. The Morgan fingerprint density at radius 2 is 2.00 bits per heavy atom. The molecule has 3 N–H and O–H groups in total. The van der Waals surface area contributed by atoms with Crippen LogP contribution in [0.1, 0.15) is 46.0 Å². The van der Waals surface area contributed by atoms with E-state index in [-0.39, 0.29) is 23.5 Å². The van der Waals surface area contributed by atoms with Crippen molar-refractivity contribution in [2.45, 2.75) is 58.1 Å². The Kier molecular flexibility index (Phi) is 4.28. The number of aliphatic hydroxyl groups excluding tert-OH is 1. The van der Waals surface area contributed by atoms with Crippen molar-refractivity contribution in [2.24, 2.45) is 11.3 Å². The van der Waals surface area contributed by atoms with E-state index < -0.39 is 0 Å². The van der Waals surface area contributed by atoms with Crippen molar-refractivity contribution in [3.63, 3.8) is 0 Å². The van der Waals surface area contributed by atoms with Crippen molar-refractivity contribution in [2.75, 3.05) is 13.1 Å². The van der Waals surface area contributed by atoms with E-state index in [9.17, 15) is 9.90 Å². The van der Waals surface area contributed by atoms with E-state index in [1.807, 2.05) is 0 Å². The van der Waals surface area contributed by atoms with Crippen molar-refractivity contribution in [1.82, 2.24) is 10.6 Å². The Morgan fingerprint density at radius 3 is 2.50 bits per heavy atom. The number of carbonyl (C=O) groups excluding carboxylic acids is 1. The van der Waals surface area contributed by atoms with Crippen LogP contribution in [0.5, 0.6) is 0 Å². The molecular formula is C14H26N2O2. The predicted molar refractivity (Wildman–Crippen MR) is 71.2 cm³/mol. The molecule has 0 aromatic heterocycles. The number of hydrogen-bond acceptors (Lipinski definition) is 3. The van der Waals surface area contributed by atoms with Crippen LogP contribution < -0.4 is 10.6 Å². The maximum Gasteiger partial charge on any atom is 0.228 e. The lowest BCUT2D eigenvalue weighted by molar-refractivity contribution is -0.133. The number of aliphatic hydroxyl groups is 1. The molecule has 1 heterocycles. The largest absolute Gasteiger partial charge is 0.393 e. The molecule has 1 aliphatic heterocycles. The highest BCUT2D eigenvalue weighted by atomic mass is 16.3.